The van der Waals surface area contributed by atoms with Gasteiger partial charge in [0.1, 0.15) is 5.75 Å². The molecule has 21 heavy (non-hydrogen) atoms. The Labute approximate surface area is 126 Å². The van der Waals surface area contributed by atoms with Crippen molar-refractivity contribution in [3.05, 3.63) is 29.8 Å². The van der Waals surface area contributed by atoms with Crippen molar-refractivity contribution in [1.29, 1.82) is 0 Å². The second-order valence-corrected chi connectivity index (χ2v) is 5.67. The Kier molecular flexibility index (Phi) is 6.40. The van der Waals surface area contributed by atoms with E-state index in [0.29, 0.717) is 12.2 Å². The number of carbonyl (C=O) groups excluding carboxylic acids is 2. The second-order valence-electron chi connectivity index (χ2n) is 5.67. The Morgan fingerprint density at radius 1 is 1.10 bits per heavy atom. The van der Waals surface area contributed by atoms with Crippen LogP contribution in [-0.4, -0.2) is 23.8 Å². The van der Waals surface area contributed by atoms with Gasteiger partial charge in [-0.2, -0.15) is 0 Å². The summed E-state index contributed by atoms with van der Waals surface area (Å²) in [6.45, 7) is 8.47. The third-order valence-electron chi connectivity index (χ3n) is 3.43. The molecule has 0 radical (unpaired) electrons. The van der Waals surface area contributed by atoms with E-state index in [2.05, 4.69) is 5.32 Å². The van der Waals surface area contributed by atoms with Gasteiger partial charge in [0.2, 0.25) is 5.91 Å². The lowest BCUT2D eigenvalue weighted by Gasteiger charge is -2.24. The zero-order valence-corrected chi connectivity index (χ0v) is 13.4. The number of hydrogen-bond donors (Lipinski definition) is 1. The van der Waals surface area contributed by atoms with Crippen LogP contribution in [0.1, 0.15) is 57.3 Å². The highest BCUT2D eigenvalue weighted by atomic mass is 16.5. The summed E-state index contributed by atoms with van der Waals surface area (Å²) < 4.78 is 5.33. The molecule has 1 aromatic rings. The molecule has 0 fully saturated rings. The molecule has 0 aliphatic rings. The van der Waals surface area contributed by atoms with Gasteiger partial charge >= 0.3 is 0 Å². The maximum Gasteiger partial charge on any atom is 0.220 e. The first kappa shape index (κ1) is 17.2. The maximum atomic E-state index is 12.0. The van der Waals surface area contributed by atoms with Crippen LogP contribution in [0.4, 0.5) is 0 Å². The van der Waals surface area contributed by atoms with Gasteiger partial charge in [0.25, 0.3) is 0 Å². The van der Waals surface area contributed by atoms with E-state index in [9.17, 15) is 9.59 Å². The van der Waals surface area contributed by atoms with Crippen LogP contribution in [0.5, 0.6) is 5.75 Å². The normalized spacial score (nSPS) is 11.0. The molecule has 0 bridgehead atoms. The van der Waals surface area contributed by atoms with Crippen LogP contribution in [0.2, 0.25) is 0 Å². The second kappa shape index (κ2) is 7.81. The fourth-order valence-electron chi connectivity index (χ4n) is 1.80. The number of ether oxygens (including phenoxy) is 1. The number of hydrogen-bond acceptors (Lipinski definition) is 3. The van der Waals surface area contributed by atoms with E-state index in [1.165, 1.54) is 0 Å². The quantitative estimate of drug-likeness (QED) is 0.747. The number of carbonyl (C=O) groups is 2. The average molecular weight is 291 g/mol. The third kappa shape index (κ3) is 5.98. The number of rotatable bonds is 8. The highest BCUT2D eigenvalue weighted by Crippen LogP contribution is 2.14. The summed E-state index contributed by atoms with van der Waals surface area (Å²) in [5.74, 6) is 0.639. The van der Waals surface area contributed by atoms with E-state index in [4.69, 9.17) is 4.74 Å². The van der Waals surface area contributed by atoms with Crippen LogP contribution in [0, 0.1) is 0 Å². The maximum absolute atomic E-state index is 12.0. The molecule has 0 spiro atoms. The Morgan fingerprint density at radius 2 is 1.71 bits per heavy atom. The largest absolute Gasteiger partial charge is 0.494 e. The number of benzene rings is 1. The van der Waals surface area contributed by atoms with Crippen molar-refractivity contribution in [2.75, 3.05) is 6.61 Å². The summed E-state index contributed by atoms with van der Waals surface area (Å²) in [4.78, 5) is 23.8. The highest BCUT2D eigenvalue weighted by molar-refractivity contribution is 5.98. The van der Waals surface area contributed by atoms with Crippen LogP contribution in [0.15, 0.2) is 24.3 Å². The van der Waals surface area contributed by atoms with Crippen molar-refractivity contribution in [3.8, 4) is 5.75 Å². The van der Waals surface area contributed by atoms with Crippen molar-refractivity contribution in [1.82, 2.24) is 5.32 Å². The van der Waals surface area contributed by atoms with Crippen molar-refractivity contribution < 1.29 is 14.3 Å². The van der Waals surface area contributed by atoms with Gasteiger partial charge < -0.3 is 10.1 Å². The summed E-state index contributed by atoms with van der Waals surface area (Å²) in [7, 11) is 0. The van der Waals surface area contributed by atoms with Crippen molar-refractivity contribution in [3.63, 3.8) is 0 Å². The summed E-state index contributed by atoms with van der Waals surface area (Å²) in [5, 5.41) is 2.93. The molecule has 1 rings (SSSR count). The molecule has 0 heterocycles. The van der Waals surface area contributed by atoms with Crippen LogP contribution in [-0.2, 0) is 4.79 Å². The average Bonchev–Trinajstić information content (AvgIpc) is 2.45. The number of nitrogens with one attached hydrogen (secondary N) is 1. The number of ketones is 1. The molecular weight excluding hydrogens is 266 g/mol. The topological polar surface area (TPSA) is 55.4 Å². The Morgan fingerprint density at radius 3 is 2.24 bits per heavy atom. The molecule has 0 aliphatic carbocycles. The van der Waals surface area contributed by atoms with Gasteiger partial charge in [-0.25, -0.2) is 0 Å². The summed E-state index contributed by atoms with van der Waals surface area (Å²) in [6.07, 6.45) is 1.29. The summed E-state index contributed by atoms with van der Waals surface area (Å²) >= 11 is 0. The molecule has 1 aromatic carbocycles. The lowest BCUT2D eigenvalue weighted by Crippen LogP contribution is -2.42. The highest BCUT2D eigenvalue weighted by Gasteiger charge is 2.18. The molecule has 0 atom stereocenters. The number of amides is 1. The van der Waals surface area contributed by atoms with Crippen LogP contribution in [0.25, 0.3) is 0 Å². The SMILES string of the molecule is CCOc1ccc(C(=O)CCC(=O)NC(C)(C)CC)cc1. The minimum absolute atomic E-state index is 0.0255. The summed E-state index contributed by atoms with van der Waals surface area (Å²) in [6, 6.07) is 7.02. The van der Waals surface area contributed by atoms with Gasteiger partial charge in [0.15, 0.2) is 5.78 Å². The van der Waals surface area contributed by atoms with Crippen LogP contribution >= 0.6 is 0 Å². The molecule has 0 unspecified atom stereocenters. The Hall–Kier alpha value is -1.84. The molecular formula is C17H25NO3. The van der Waals surface area contributed by atoms with E-state index in [0.717, 1.165) is 12.2 Å². The molecule has 116 valence electrons. The monoisotopic (exact) mass is 291 g/mol. The van der Waals surface area contributed by atoms with E-state index in [-0.39, 0.29) is 30.1 Å². The lowest BCUT2D eigenvalue weighted by atomic mass is 10.0. The zero-order valence-electron chi connectivity index (χ0n) is 13.4. The molecule has 4 nitrogen and oxygen atoms in total. The Balaban J connectivity index is 2.48. The van der Waals surface area contributed by atoms with E-state index >= 15 is 0 Å². The first-order chi connectivity index (χ1) is 9.88. The molecule has 0 saturated carbocycles. The third-order valence-corrected chi connectivity index (χ3v) is 3.43. The van der Waals surface area contributed by atoms with Crippen molar-refractivity contribution in [2.45, 2.75) is 52.5 Å². The summed E-state index contributed by atoms with van der Waals surface area (Å²) in [5.41, 5.74) is 0.389. The first-order valence-electron chi connectivity index (χ1n) is 7.45. The molecule has 4 heteroatoms. The smallest absolute Gasteiger partial charge is 0.220 e. The molecule has 1 N–H and O–H groups in total. The minimum atomic E-state index is -0.223. The van der Waals surface area contributed by atoms with Gasteiger partial charge in [-0.05, 0) is 51.5 Å². The first-order valence-corrected chi connectivity index (χ1v) is 7.45. The van der Waals surface area contributed by atoms with Crippen molar-refractivity contribution in [2.24, 2.45) is 0 Å². The van der Waals surface area contributed by atoms with Gasteiger partial charge in [-0.1, -0.05) is 6.92 Å². The predicted molar refractivity (Wildman–Crippen MR) is 83.7 cm³/mol. The fraction of sp³-hybridized carbons (Fsp3) is 0.529. The Bertz CT molecular complexity index is 477. The van der Waals surface area contributed by atoms with Crippen LogP contribution < -0.4 is 10.1 Å². The van der Waals surface area contributed by atoms with Gasteiger partial charge in [-0.3, -0.25) is 9.59 Å². The van der Waals surface area contributed by atoms with Gasteiger partial charge in [0, 0.05) is 23.9 Å². The van der Waals surface area contributed by atoms with Gasteiger partial charge in [-0.15, -0.1) is 0 Å². The fourth-order valence-corrected chi connectivity index (χ4v) is 1.80. The van der Waals surface area contributed by atoms with Crippen molar-refractivity contribution >= 4 is 11.7 Å². The minimum Gasteiger partial charge on any atom is -0.494 e. The van der Waals surface area contributed by atoms with E-state index in [1.54, 1.807) is 24.3 Å². The molecule has 0 saturated heterocycles. The van der Waals surface area contributed by atoms with E-state index < -0.39 is 0 Å². The number of Topliss-reactive ketones (excluding diaryl/α,β-unsaturated/α-hetero) is 1. The molecule has 0 aromatic heterocycles. The van der Waals surface area contributed by atoms with E-state index in [1.807, 2.05) is 27.7 Å². The lowest BCUT2D eigenvalue weighted by molar-refractivity contribution is -0.122. The van der Waals surface area contributed by atoms with Crippen LogP contribution in [0.3, 0.4) is 0 Å². The standard InChI is InChI=1S/C17H25NO3/c1-5-17(3,4)18-16(20)12-11-15(19)13-7-9-14(10-8-13)21-6-2/h7-10H,5-6,11-12H2,1-4H3,(H,18,20). The predicted octanol–water partition coefficient (Wildman–Crippen LogP) is 3.35. The van der Waals surface area contributed by atoms with Gasteiger partial charge in [0.05, 0.1) is 6.61 Å². The molecule has 1 amide bonds. The molecule has 0 aliphatic heterocycles. The zero-order chi connectivity index (χ0) is 15.9.